The molecule has 0 saturated heterocycles. The minimum Gasteiger partial charge on any atom is -0.369 e. The van der Waals surface area contributed by atoms with Crippen molar-refractivity contribution in [1.29, 1.82) is 0 Å². The van der Waals surface area contributed by atoms with Crippen molar-refractivity contribution in [2.75, 3.05) is 5.32 Å². The number of thiophene rings is 1. The molecule has 2 unspecified atom stereocenters. The second-order valence-electron chi connectivity index (χ2n) is 6.53. The molecule has 0 bridgehead atoms. The molecule has 2 nitrogen and oxygen atoms in total. The van der Waals surface area contributed by atoms with Gasteiger partial charge in [-0.1, -0.05) is 20.4 Å². The maximum atomic E-state index is 4.07. The lowest BCUT2D eigenvalue weighted by Crippen LogP contribution is -2.30. The molecule has 0 spiro atoms. The summed E-state index contributed by atoms with van der Waals surface area (Å²) in [6, 6.07) is 0.363. The Morgan fingerprint density at radius 1 is 1.19 bits per heavy atom. The van der Waals surface area contributed by atoms with Crippen LogP contribution in [0.25, 0.3) is 0 Å². The molecule has 3 rings (SSSR count). The molecule has 0 amide bonds. The third-order valence-corrected chi connectivity index (χ3v) is 5.95. The van der Waals surface area contributed by atoms with E-state index in [4.69, 9.17) is 0 Å². The number of hydrogen-bond acceptors (Lipinski definition) is 3. The molecule has 0 saturated carbocycles. The van der Waals surface area contributed by atoms with Gasteiger partial charge in [0.1, 0.15) is 0 Å². The number of aryl methyl sites for hydroxylation is 1. The van der Waals surface area contributed by atoms with E-state index in [-0.39, 0.29) is 0 Å². The van der Waals surface area contributed by atoms with Crippen LogP contribution in [0, 0.1) is 12.8 Å². The quantitative estimate of drug-likeness (QED) is 0.809. The van der Waals surface area contributed by atoms with Gasteiger partial charge in [0.15, 0.2) is 0 Å². The number of anilines is 1. The van der Waals surface area contributed by atoms with Crippen LogP contribution >= 0.6 is 11.3 Å². The molecule has 0 fully saturated rings. The first kappa shape index (κ1) is 14.5. The molecule has 2 N–H and O–H groups in total. The SMILES string of the molecule is C=C1NC=C(C2Nc3scc(C)c3C2C(C)C)C(C)=C1C. The van der Waals surface area contributed by atoms with Crippen LogP contribution in [0.15, 0.2) is 40.6 Å². The van der Waals surface area contributed by atoms with Crippen molar-refractivity contribution in [1.82, 2.24) is 5.32 Å². The Morgan fingerprint density at radius 2 is 1.90 bits per heavy atom. The van der Waals surface area contributed by atoms with Crippen LogP contribution in [-0.2, 0) is 0 Å². The van der Waals surface area contributed by atoms with Gasteiger partial charge in [-0.15, -0.1) is 11.3 Å². The molecule has 21 heavy (non-hydrogen) atoms. The minimum atomic E-state index is 0.363. The summed E-state index contributed by atoms with van der Waals surface area (Å²) in [5.74, 6) is 1.14. The van der Waals surface area contributed by atoms with Gasteiger partial charge in [0.05, 0.1) is 11.0 Å². The molecule has 112 valence electrons. The predicted octanol–water partition coefficient (Wildman–Crippen LogP) is 4.93. The van der Waals surface area contributed by atoms with Crippen molar-refractivity contribution >= 4 is 16.3 Å². The fourth-order valence-electron chi connectivity index (χ4n) is 3.51. The summed E-state index contributed by atoms with van der Waals surface area (Å²) in [6.45, 7) is 15.3. The van der Waals surface area contributed by atoms with Gasteiger partial charge in [0, 0.05) is 17.8 Å². The summed E-state index contributed by atoms with van der Waals surface area (Å²) in [5, 5.41) is 10.7. The van der Waals surface area contributed by atoms with Crippen molar-refractivity contribution < 1.29 is 0 Å². The zero-order valence-electron chi connectivity index (χ0n) is 13.5. The monoisotopic (exact) mass is 300 g/mol. The number of fused-ring (bicyclic) bond motifs is 1. The van der Waals surface area contributed by atoms with Crippen LogP contribution in [0.3, 0.4) is 0 Å². The van der Waals surface area contributed by atoms with Crippen LogP contribution in [0.1, 0.15) is 44.7 Å². The van der Waals surface area contributed by atoms with Crippen molar-refractivity contribution in [2.24, 2.45) is 5.92 Å². The van der Waals surface area contributed by atoms with Crippen molar-refractivity contribution in [2.45, 2.75) is 46.6 Å². The van der Waals surface area contributed by atoms with E-state index in [1.807, 2.05) is 11.3 Å². The standard InChI is InChI=1S/C18H24N2S/c1-9(2)15-16-10(3)8-21-18(16)20-17(15)14-7-19-13(6)11(4)12(14)5/h7-9,15,17,19-20H,6H2,1-5H3. The Morgan fingerprint density at radius 3 is 2.57 bits per heavy atom. The second-order valence-corrected chi connectivity index (χ2v) is 7.41. The van der Waals surface area contributed by atoms with Crippen LogP contribution in [0.5, 0.6) is 0 Å². The highest BCUT2D eigenvalue weighted by Crippen LogP contribution is 2.49. The summed E-state index contributed by atoms with van der Waals surface area (Å²) in [6.07, 6.45) is 2.14. The van der Waals surface area contributed by atoms with Crippen LogP contribution in [0.2, 0.25) is 0 Å². The normalized spacial score (nSPS) is 24.9. The van der Waals surface area contributed by atoms with Crippen LogP contribution in [-0.4, -0.2) is 6.04 Å². The Balaban J connectivity index is 2.03. The van der Waals surface area contributed by atoms with Gasteiger partial charge in [0.25, 0.3) is 0 Å². The molecular weight excluding hydrogens is 276 g/mol. The van der Waals surface area contributed by atoms with E-state index in [0.29, 0.717) is 17.9 Å². The summed E-state index contributed by atoms with van der Waals surface area (Å²) in [5.41, 5.74) is 7.97. The second kappa shape index (κ2) is 5.06. The van der Waals surface area contributed by atoms with Crippen LogP contribution in [0.4, 0.5) is 5.00 Å². The zero-order valence-corrected chi connectivity index (χ0v) is 14.3. The first-order valence-corrected chi connectivity index (χ1v) is 8.48. The fourth-order valence-corrected chi connectivity index (χ4v) is 4.55. The Kier molecular flexibility index (Phi) is 3.48. The van der Waals surface area contributed by atoms with E-state index in [2.05, 4.69) is 63.4 Å². The van der Waals surface area contributed by atoms with Crippen molar-refractivity contribution in [3.8, 4) is 0 Å². The van der Waals surface area contributed by atoms with Gasteiger partial charge >= 0.3 is 0 Å². The summed E-state index contributed by atoms with van der Waals surface area (Å²) >= 11 is 1.84. The maximum absolute atomic E-state index is 4.07. The molecule has 0 aromatic carbocycles. The van der Waals surface area contributed by atoms with Gasteiger partial charge in [-0.05, 0) is 59.9 Å². The third-order valence-electron chi connectivity index (χ3n) is 4.91. The number of rotatable bonds is 2. The maximum Gasteiger partial charge on any atom is 0.0926 e. The molecule has 1 aromatic heterocycles. The smallest absolute Gasteiger partial charge is 0.0926 e. The van der Waals surface area contributed by atoms with E-state index in [1.165, 1.54) is 32.8 Å². The molecule has 2 aliphatic heterocycles. The first-order valence-electron chi connectivity index (χ1n) is 7.60. The molecular formula is C18H24N2S. The topological polar surface area (TPSA) is 24.1 Å². The molecule has 3 heteroatoms. The zero-order chi connectivity index (χ0) is 15.3. The Labute approximate surface area is 131 Å². The van der Waals surface area contributed by atoms with Crippen molar-refractivity contribution in [3.05, 3.63) is 51.7 Å². The number of hydrogen-bond donors (Lipinski definition) is 2. The minimum absolute atomic E-state index is 0.363. The average Bonchev–Trinajstić information content (AvgIpc) is 2.96. The lowest BCUT2D eigenvalue weighted by Gasteiger charge is -2.30. The van der Waals surface area contributed by atoms with E-state index in [9.17, 15) is 0 Å². The molecule has 2 aliphatic rings. The van der Waals surface area contributed by atoms with Gasteiger partial charge in [-0.3, -0.25) is 0 Å². The van der Waals surface area contributed by atoms with E-state index in [1.54, 1.807) is 0 Å². The third kappa shape index (κ3) is 2.15. The predicted molar refractivity (Wildman–Crippen MR) is 92.8 cm³/mol. The highest BCUT2D eigenvalue weighted by atomic mass is 32.1. The lowest BCUT2D eigenvalue weighted by atomic mass is 9.79. The molecule has 1 aromatic rings. The van der Waals surface area contributed by atoms with Gasteiger partial charge in [-0.25, -0.2) is 0 Å². The molecule has 0 radical (unpaired) electrons. The van der Waals surface area contributed by atoms with E-state index >= 15 is 0 Å². The van der Waals surface area contributed by atoms with E-state index < -0.39 is 0 Å². The summed E-state index contributed by atoms with van der Waals surface area (Å²) in [4.78, 5) is 0. The van der Waals surface area contributed by atoms with Gasteiger partial charge in [-0.2, -0.15) is 0 Å². The lowest BCUT2D eigenvalue weighted by molar-refractivity contribution is 0.481. The Bertz CT molecular complexity index is 661. The fraction of sp³-hybridized carbons (Fsp3) is 0.444. The Hall–Kier alpha value is -1.48. The summed E-state index contributed by atoms with van der Waals surface area (Å²) < 4.78 is 0. The average molecular weight is 300 g/mol. The number of dihydropyridines is 1. The van der Waals surface area contributed by atoms with Gasteiger partial charge in [0.2, 0.25) is 0 Å². The largest absolute Gasteiger partial charge is 0.369 e. The highest BCUT2D eigenvalue weighted by molar-refractivity contribution is 7.14. The molecule has 2 atom stereocenters. The first-order chi connectivity index (χ1) is 9.91. The molecule has 0 aliphatic carbocycles. The van der Waals surface area contributed by atoms with Gasteiger partial charge < -0.3 is 10.6 Å². The number of nitrogens with one attached hydrogen (secondary N) is 2. The van der Waals surface area contributed by atoms with Crippen molar-refractivity contribution in [3.63, 3.8) is 0 Å². The summed E-state index contributed by atoms with van der Waals surface area (Å²) in [7, 11) is 0. The highest BCUT2D eigenvalue weighted by Gasteiger charge is 2.39. The van der Waals surface area contributed by atoms with Crippen LogP contribution < -0.4 is 10.6 Å². The van der Waals surface area contributed by atoms with E-state index in [0.717, 1.165) is 5.70 Å². The number of allylic oxidation sites excluding steroid dienone is 1. The molecule has 3 heterocycles.